The zero-order chi connectivity index (χ0) is 21.8. The Labute approximate surface area is 183 Å². The standard InChI is InChI=1S/C23H31N7O/c1-17-12-19(27-21(31)16-29-9-3-8-28(2)10-11-29)15-30(14-17)20-5-4-18(13-24)22-23(20)26-7-6-25-22/h4-7,17,19H,3,8-12,14-16H2,1-2H3,(H,27,31)/t17-,19+/m0/s1. The second-order valence-electron chi connectivity index (χ2n) is 8.94. The van der Waals surface area contributed by atoms with Gasteiger partial charge in [-0.15, -0.1) is 0 Å². The van der Waals surface area contributed by atoms with Crippen molar-refractivity contribution in [2.24, 2.45) is 5.92 Å². The molecule has 2 aromatic rings. The number of piperidine rings is 1. The van der Waals surface area contributed by atoms with Gasteiger partial charge in [0.2, 0.25) is 5.91 Å². The van der Waals surface area contributed by atoms with Crippen LogP contribution in [0.5, 0.6) is 0 Å². The van der Waals surface area contributed by atoms with Crippen molar-refractivity contribution in [3.8, 4) is 6.07 Å². The van der Waals surface area contributed by atoms with Crippen LogP contribution in [0.15, 0.2) is 24.5 Å². The number of benzene rings is 1. The number of fused-ring (bicyclic) bond motifs is 1. The fraction of sp³-hybridized carbons (Fsp3) is 0.565. The molecular formula is C23H31N7O. The van der Waals surface area contributed by atoms with Crippen molar-refractivity contribution in [1.29, 1.82) is 5.26 Å². The second-order valence-corrected chi connectivity index (χ2v) is 8.94. The van der Waals surface area contributed by atoms with Crippen LogP contribution in [0.3, 0.4) is 0 Å². The number of likely N-dealkylation sites (N-methyl/N-ethyl adjacent to an activating group) is 1. The van der Waals surface area contributed by atoms with Gasteiger partial charge in [0.25, 0.3) is 0 Å². The first kappa shape index (κ1) is 21.5. The Kier molecular flexibility index (Phi) is 6.64. The van der Waals surface area contributed by atoms with Gasteiger partial charge in [0.1, 0.15) is 17.1 Å². The molecule has 8 heteroatoms. The molecule has 0 unspecified atom stereocenters. The van der Waals surface area contributed by atoms with Crippen LogP contribution in [-0.4, -0.2) is 84.6 Å². The van der Waals surface area contributed by atoms with E-state index in [9.17, 15) is 10.1 Å². The smallest absolute Gasteiger partial charge is 0.234 e. The lowest BCUT2D eigenvalue weighted by Gasteiger charge is -2.38. The summed E-state index contributed by atoms with van der Waals surface area (Å²) in [5, 5.41) is 12.7. The SMILES string of the molecule is C[C@H]1C[C@@H](NC(=O)CN2CCCN(C)CC2)CN(c2ccc(C#N)c3nccnc23)C1. The third kappa shape index (κ3) is 5.12. The average molecular weight is 422 g/mol. The zero-order valence-electron chi connectivity index (χ0n) is 18.4. The van der Waals surface area contributed by atoms with Crippen LogP contribution in [-0.2, 0) is 4.79 Å². The molecule has 1 amide bonds. The van der Waals surface area contributed by atoms with Crippen LogP contribution >= 0.6 is 0 Å². The minimum atomic E-state index is 0.0910. The summed E-state index contributed by atoms with van der Waals surface area (Å²) >= 11 is 0. The molecule has 1 aromatic heterocycles. The fourth-order valence-electron chi connectivity index (χ4n) is 4.78. The number of nitrogens with zero attached hydrogens (tertiary/aromatic N) is 6. The number of hydrogen-bond donors (Lipinski definition) is 1. The van der Waals surface area contributed by atoms with Crippen molar-refractivity contribution in [1.82, 2.24) is 25.1 Å². The van der Waals surface area contributed by atoms with Gasteiger partial charge in [0.05, 0.1) is 17.8 Å². The molecule has 2 aliphatic heterocycles. The van der Waals surface area contributed by atoms with Gasteiger partial charge in [-0.25, -0.2) is 0 Å². The van der Waals surface area contributed by atoms with Gasteiger partial charge in [-0.1, -0.05) is 6.92 Å². The van der Waals surface area contributed by atoms with Crippen molar-refractivity contribution >= 4 is 22.6 Å². The van der Waals surface area contributed by atoms with Gasteiger partial charge in [-0.05, 0) is 51.0 Å². The summed E-state index contributed by atoms with van der Waals surface area (Å²) in [6.45, 7) is 8.31. The van der Waals surface area contributed by atoms with Gasteiger partial charge < -0.3 is 15.1 Å². The van der Waals surface area contributed by atoms with E-state index in [1.165, 1.54) is 0 Å². The largest absolute Gasteiger partial charge is 0.367 e. The molecule has 0 saturated carbocycles. The van der Waals surface area contributed by atoms with Gasteiger partial charge in [0, 0.05) is 44.6 Å². The van der Waals surface area contributed by atoms with Crippen LogP contribution in [0.4, 0.5) is 5.69 Å². The molecule has 0 radical (unpaired) electrons. The molecule has 4 rings (SSSR count). The van der Waals surface area contributed by atoms with E-state index in [-0.39, 0.29) is 11.9 Å². The highest BCUT2D eigenvalue weighted by molar-refractivity contribution is 5.92. The number of hydrogen-bond acceptors (Lipinski definition) is 7. The number of amides is 1. The molecule has 0 aliphatic carbocycles. The summed E-state index contributed by atoms with van der Waals surface area (Å²) in [6, 6.07) is 6.07. The third-order valence-corrected chi connectivity index (χ3v) is 6.27. The third-order valence-electron chi connectivity index (χ3n) is 6.27. The Morgan fingerprint density at radius 3 is 2.77 bits per heavy atom. The van der Waals surface area contributed by atoms with Crippen LogP contribution < -0.4 is 10.2 Å². The van der Waals surface area contributed by atoms with E-state index in [0.29, 0.717) is 23.5 Å². The summed E-state index contributed by atoms with van der Waals surface area (Å²) in [5.74, 6) is 0.543. The number of aromatic nitrogens is 2. The Morgan fingerprint density at radius 1 is 1.16 bits per heavy atom. The zero-order valence-corrected chi connectivity index (χ0v) is 18.4. The average Bonchev–Trinajstić information content (AvgIpc) is 2.96. The highest BCUT2D eigenvalue weighted by Gasteiger charge is 2.28. The highest BCUT2D eigenvalue weighted by Crippen LogP contribution is 2.30. The lowest BCUT2D eigenvalue weighted by molar-refractivity contribution is -0.123. The molecule has 0 spiro atoms. The first-order valence-electron chi connectivity index (χ1n) is 11.1. The fourth-order valence-corrected chi connectivity index (χ4v) is 4.78. The molecule has 31 heavy (non-hydrogen) atoms. The molecular weight excluding hydrogens is 390 g/mol. The minimum absolute atomic E-state index is 0.0910. The highest BCUT2D eigenvalue weighted by atomic mass is 16.2. The van der Waals surface area contributed by atoms with Crippen molar-refractivity contribution in [3.05, 3.63) is 30.1 Å². The molecule has 2 saturated heterocycles. The number of rotatable bonds is 4. The summed E-state index contributed by atoms with van der Waals surface area (Å²) in [6.07, 6.45) is 5.35. The monoisotopic (exact) mass is 421 g/mol. The predicted octanol–water partition coefficient (Wildman–Crippen LogP) is 1.47. The Hall–Kier alpha value is -2.76. The minimum Gasteiger partial charge on any atom is -0.367 e. The van der Waals surface area contributed by atoms with E-state index >= 15 is 0 Å². The normalized spacial score (nSPS) is 23.3. The van der Waals surface area contributed by atoms with Gasteiger partial charge in [0.15, 0.2) is 0 Å². The van der Waals surface area contributed by atoms with Crippen LogP contribution in [0, 0.1) is 17.2 Å². The topological polar surface area (TPSA) is 88.4 Å². The van der Waals surface area contributed by atoms with Gasteiger partial charge in [-0.3, -0.25) is 19.7 Å². The molecule has 164 valence electrons. The van der Waals surface area contributed by atoms with E-state index < -0.39 is 0 Å². The maximum atomic E-state index is 12.8. The summed E-state index contributed by atoms with van der Waals surface area (Å²) in [4.78, 5) is 28.5. The maximum absolute atomic E-state index is 12.8. The second kappa shape index (κ2) is 9.58. The van der Waals surface area contributed by atoms with Crippen LogP contribution in [0.25, 0.3) is 11.0 Å². The van der Waals surface area contributed by atoms with Gasteiger partial charge in [-0.2, -0.15) is 5.26 Å². The van der Waals surface area contributed by atoms with Crippen LogP contribution in [0.1, 0.15) is 25.3 Å². The lowest BCUT2D eigenvalue weighted by Crippen LogP contribution is -2.52. The first-order chi connectivity index (χ1) is 15.0. The molecule has 1 N–H and O–H groups in total. The number of anilines is 1. The molecule has 8 nitrogen and oxygen atoms in total. The molecule has 2 fully saturated rings. The molecule has 1 aromatic carbocycles. The Bertz CT molecular complexity index is 972. The predicted molar refractivity (Wildman–Crippen MR) is 121 cm³/mol. The quantitative estimate of drug-likeness (QED) is 0.800. The number of carbonyl (C=O) groups is 1. The molecule has 2 aliphatic rings. The van der Waals surface area contributed by atoms with E-state index in [0.717, 1.165) is 63.3 Å². The van der Waals surface area contributed by atoms with Crippen molar-refractivity contribution < 1.29 is 4.79 Å². The molecule has 3 heterocycles. The van der Waals surface area contributed by atoms with Crippen LogP contribution in [0.2, 0.25) is 0 Å². The summed E-state index contributed by atoms with van der Waals surface area (Å²) in [7, 11) is 2.14. The Morgan fingerprint density at radius 2 is 1.97 bits per heavy atom. The van der Waals surface area contributed by atoms with E-state index in [1.807, 2.05) is 12.1 Å². The first-order valence-corrected chi connectivity index (χ1v) is 11.1. The lowest BCUT2D eigenvalue weighted by atomic mass is 9.95. The number of nitriles is 1. The van der Waals surface area contributed by atoms with E-state index in [1.54, 1.807) is 12.4 Å². The van der Waals surface area contributed by atoms with Gasteiger partial charge >= 0.3 is 0 Å². The van der Waals surface area contributed by atoms with Crippen molar-refractivity contribution in [2.75, 3.05) is 57.8 Å². The number of nitrogens with one attached hydrogen (secondary N) is 1. The Balaban J connectivity index is 1.45. The maximum Gasteiger partial charge on any atom is 0.234 e. The molecule has 0 bridgehead atoms. The molecule has 2 atom stereocenters. The number of carbonyl (C=O) groups excluding carboxylic acids is 1. The van der Waals surface area contributed by atoms with Crippen molar-refractivity contribution in [2.45, 2.75) is 25.8 Å². The summed E-state index contributed by atoms with van der Waals surface area (Å²) < 4.78 is 0. The summed E-state index contributed by atoms with van der Waals surface area (Å²) in [5.41, 5.74) is 2.88. The van der Waals surface area contributed by atoms with E-state index in [2.05, 4.69) is 50.0 Å². The van der Waals surface area contributed by atoms with Crippen molar-refractivity contribution in [3.63, 3.8) is 0 Å². The van der Waals surface area contributed by atoms with E-state index in [4.69, 9.17) is 0 Å².